The number of esters is 1. The van der Waals surface area contributed by atoms with Crippen LogP contribution in [0.1, 0.15) is 56.8 Å². The summed E-state index contributed by atoms with van der Waals surface area (Å²) < 4.78 is 16.1. The first kappa shape index (κ1) is 23.4. The molecule has 0 saturated carbocycles. The molecule has 1 aromatic rings. The zero-order valence-electron chi connectivity index (χ0n) is 18.1. The van der Waals surface area contributed by atoms with E-state index in [1.165, 1.54) is 0 Å². The Morgan fingerprint density at radius 2 is 1.79 bits per heavy atom. The number of methoxy groups -OCH3 is 2. The number of carbonyl (C=O) groups is 2. The monoisotopic (exact) mass is 423 g/mol. The second kappa shape index (κ2) is 11.3. The molecule has 0 spiro atoms. The number of nitrogens with zero attached hydrogens (tertiary/aromatic N) is 1. The largest absolute Gasteiger partial charge is 0.497 e. The summed E-state index contributed by atoms with van der Waals surface area (Å²) in [6, 6.07) is 4.53. The summed E-state index contributed by atoms with van der Waals surface area (Å²) in [6.45, 7) is 6.50. The third kappa shape index (κ3) is 6.29. The molecule has 2 atom stereocenters. The van der Waals surface area contributed by atoms with E-state index in [2.05, 4.69) is 6.92 Å². The Morgan fingerprint density at radius 3 is 2.34 bits per heavy atom. The second-order valence-corrected chi connectivity index (χ2v) is 8.85. The van der Waals surface area contributed by atoms with Gasteiger partial charge >= 0.3 is 5.97 Å². The van der Waals surface area contributed by atoms with E-state index in [0.29, 0.717) is 29.4 Å². The van der Waals surface area contributed by atoms with Crippen molar-refractivity contribution in [2.24, 2.45) is 5.92 Å². The van der Waals surface area contributed by atoms with Crippen LogP contribution in [0.15, 0.2) is 18.2 Å². The van der Waals surface area contributed by atoms with Crippen LogP contribution in [-0.2, 0) is 9.53 Å². The number of hydrogen-bond acceptors (Lipinski definition) is 6. The van der Waals surface area contributed by atoms with E-state index >= 15 is 0 Å². The Labute approximate surface area is 178 Å². The van der Waals surface area contributed by atoms with Crippen molar-refractivity contribution in [3.8, 4) is 11.5 Å². The van der Waals surface area contributed by atoms with Gasteiger partial charge in [-0.25, -0.2) is 4.79 Å². The molecule has 1 saturated heterocycles. The van der Waals surface area contributed by atoms with E-state index in [4.69, 9.17) is 14.2 Å². The van der Waals surface area contributed by atoms with E-state index in [1.54, 1.807) is 49.1 Å². The van der Waals surface area contributed by atoms with Gasteiger partial charge in [0.25, 0.3) is 5.91 Å². The lowest BCUT2D eigenvalue weighted by atomic mass is 10.1. The van der Waals surface area contributed by atoms with Crippen LogP contribution in [0, 0.1) is 5.92 Å². The molecule has 1 fully saturated rings. The first-order valence-corrected chi connectivity index (χ1v) is 11.3. The molecule has 7 heteroatoms. The molecule has 162 valence electrons. The number of thioether (sulfide) groups is 1. The van der Waals surface area contributed by atoms with E-state index in [1.807, 2.05) is 13.8 Å². The van der Waals surface area contributed by atoms with Gasteiger partial charge < -0.3 is 19.1 Å². The molecule has 2 rings (SSSR count). The summed E-state index contributed by atoms with van der Waals surface area (Å²) in [6.07, 6.45) is 4.10. The zero-order valence-corrected chi connectivity index (χ0v) is 18.9. The van der Waals surface area contributed by atoms with Crippen molar-refractivity contribution in [1.82, 2.24) is 4.90 Å². The Balaban J connectivity index is 2.28. The fraction of sp³-hybridized carbons (Fsp3) is 0.636. The van der Waals surface area contributed by atoms with Gasteiger partial charge in [-0.15, -0.1) is 11.8 Å². The maximum Gasteiger partial charge on any atom is 0.329 e. The highest BCUT2D eigenvalue weighted by atomic mass is 32.2. The van der Waals surface area contributed by atoms with Crippen LogP contribution in [0.5, 0.6) is 11.5 Å². The predicted octanol–water partition coefficient (Wildman–Crippen LogP) is 4.37. The highest BCUT2D eigenvalue weighted by Crippen LogP contribution is 2.35. The molecule has 0 aromatic heterocycles. The van der Waals surface area contributed by atoms with Gasteiger partial charge in [0.05, 0.1) is 26.2 Å². The van der Waals surface area contributed by atoms with Gasteiger partial charge in [-0.2, -0.15) is 0 Å². The van der Waals surface area contributed by atoms with Crippen molar-refractivity contribution in [2.45, 2.75) is 57.9 Å². The maximum absolute atomic E-state index is 13.5. The Bertz CT molecular complexity index is 672. The molecule has 6 nitrogen and oxygen atoms in total. The minimum Gasteiger partial charge on any atom is -0.497 e. The third-order valence-corrected chi connectivity index (χ3v) is 6.17. The average Bonchev–Trinajstić information content (AvgIpc) is 3.15. The molecule has 1 amide bonds. The summed E-state index contributed by atoms with van der Waals surface area (Å²) in [4.78, 5) is 27.9. The lowest BCUT2D eigenvalue weighted by Gasteiger charge is -2.29. The second-order valence-electron chi connectivity index (χ2n) is 7.64. The van der Waals surface area contributed by atoms with Gasteiger partial charge in [-0.3, -0.25) is 4.79 Å². The number of carbonyl (C=O) groups excluding carboxylic acids is 2. The molecule has 0 radical (unpaired) electrons. The lowest BCUT2D eigenvalue weighted by Crippen LogP contribution is -2.46. The average molecular weight is 424 g/mol. The van der Waals surface area contributed by atoms with E-state index < -0.39 is 6.04 Å². The van der Waals surface area contributed by atoms with Gasteiger partial charge in [-0.05, 0) is 24.5 Å². The van der Waals surface area contributed by atoms with Crippen LogP contribution >= 0.6 is 11.8 Å². The fourth-order valence-electron chi connectivity index (χ4n) is 3.23. The highest BCUT2D eigenvalue weighted by molar-refractivity contribution is 8.00. The van der Waals surface area contributed by atoms with Gasteiger partial charge in [0.15, 0.2) is 0 Å². The van der Waals surface area contributed by atoms with Crippen molar-refractivity contribution in [2.75, 3.05) is 26.6 Å². The van der Waals surface area contributed by atoms with Crippen LogP contribution in [0.2, 0.25) is 0 Å². The fourth-order valence-corrected chi connectivity index (χ4v) is 4.67. The lowest BCUT2D eigenvalue weighted by molar-refractivity contribution is -0.149. The Kier molecular flexibility index (Phi) is 9.14. The van der Waals surface area contributed by atoms with Crippen LogP contribution in [-0.4, -0.2) is 54.8 Å². The van der Waals surface area contributed by atoms with Gasteiger partial charge in [-0.1, -0.05) is 40.0 Å². The highest BCUT2D eigenvalue weighted by Gasteiger charge is 2.42. The zero-order chi connectivity index (χ0) is 21.4. The van der Waals surface area contributed by atoms with Crippen molar-refractivity contribution >= 4 is 23.6 Å². The molecule has 0 N–H and O–H groups in total. The van der Waals surface area contributed by atoms with Crippen molar-refractivity contribution in [3.05, 3.63) is 23.8 Å². The standard InChI is InChI=1S/C22H33NO5S/c1-6-7-8-9-20-23(19(14-29-20)22(25)28-13-15(2)3)21(24)16-10-17(26-4)12-18(11-16)27-5/h10-12,15,19-20H,6-9,13-14H2,1-5H3. The molecule has 1 heterocycles. The Hall–Kier alpha value is -1.89. The van der Waals surface area contributed by atoms with E-state index in [9.17, 15) is 9.59 Å². The molecule has 2 unspecified atom stereocenters. The molecule has 1 aliphatic rings. The quantitative estimate of drug-likeness (QED) is 0.411. The van der Waals surface area contributed by atoms with Crippen molar-refractivity contribution in [1.29, 1.82) is 0 Å². The summed E-state index contributed by atoms with van der Waals surface area (Å²) in [5.41, 5.74) is 0.450. The number of unbranched alkanes of at least 4 members (excludes halogenated alkanes) is 2. The molecular formula is C22H33NO5S. The van der Waals surface area contributed by atoms with E-state index in [0.717, 1.165) is 25.7 Å². The first-order chi connectivity index (χ1) is 13.9. The molecule has 0 aliphatic carbocycles. The van der Waals surface area contributed by atoms with Crippen LogP contribution in [0.25, 0.3) is 0 Å². The van der Waals surface area contributed by atoms with E-state index in [-0.39, 0.29) is 23.2 Å². The molecular weight excluding hydrogens is 390 g/mol. The smallest absolute Gasteiger partial charge is 0.329 e. The molecule has 29 heavy (non-hydrogen) atoms. The number of rotatable bonds is 10. The third-order valence-electron chi connectivity index (χ3n) is 4.81. The number of hydrogen-bond donors (Lipinski definition) is 0. The summed E-state index contributed by atoms with van der Waals surface area (Å²) in [5, 5.41) is -0.0390. The molecule has 1 aromatic carbocycles. The molecule has 0 bridgehead atoms. The Morgan fingerprint density at radius 1 is 1.14 bits per heavy atom. The maximum atomic E-state index is 13.5. The van der Waals surface area contributed by atoms with Crippen molar-refractivity contribution in [3.63, 3.8) is 0 Å². The summed E-state index contributed by atoms with van der Waals surface area (Å²) in [5.74, 6) is 1.37. The van der Waals surface area contributed by atoms with Gasteiger partial charge in [0.2, 0.25) is 0 Å². The summed E-state index contributed by atoms with van der Waals surface area (Å²) in [7, 11) is 3.10. The number of benzene rings is 1. The van der Waals surface area contributed by atoms with Crippen LogP contribution in [0.4, 0.5) is 0 Å². The molecule has 1 aliphatic heterocycles. The van der Waals surface area contributed by atoms with Gasteiger partial charge in [0, 0.05) is 17.4 Å². The normalized spacial score (nSPS) is 18.8. The first-order valence-electron chi connectivity index (χ1n) is 10.2. The number of ether oxygens (including phenoxy) is 3. The minimum atomic E-state index is -0.574. The minimum absolute atomic E-state index is 0.0390. The van der Waals surface area contributed by atoms with Crippen LogP contribution < -0.4 is 9.47 Å². The van der Waals surface area contributed by atoms with Crippen molar-refractivity contribution < 1.29 is 23.8 Å². The SMILES string of the molecule is CCCCCC1SCC(C(=O)OCC(C)C)N1C(=O)c1cc(OC)cc(OC)c1. The predicted molar refractivity (Wildman–Crippen MR) is 116 cm³/mol. The van der Waals surface area contributed by atoms with Gasteiger partial charge in [0.1, 0.15) is 17.5 Å². The van der Waals surface area contributed by atoms with Crippen LogP contribution in [0.3, 0.4) is 0 Å². The summed E-state index contributed by atoms with van der Waals surface area (Å²) >= 11 is 1.66. The number of amides is 1. The topological polar surface area (TPSA) is 65.1 Å².